The second-order valence-electron chi connectivity index (χ2n) is 2.01. The zero-order chi connectivity index (χ0) is 7.82. The molecular weight excluding hydrogens is 190 g/mol. The summed E-state index contributed by atoms with van der Waals surface area (Å²) >= 11 is 0. The second kappa shape index (κ2) is 10.4. The number of nitrogens with zero attached hydrogens (tertiary/aromatic N) is 1. The molecule has 0 fully saturated rings. The van der Waals surface area contributed by atoms with E-state index in [1.165, 1.54) is 0 Å². The molecule has 0 atom stereocenters. The van der Waals surface area contributed by atoms with Crippen molar-refractivity contribution in [1.82, 2.24) is 4.90 Å². The first-order valence-corrected chi connectivity index (χ1v) is 3.40. The Morgan fingerprint density at radius 1 is 0.727 bits per heavy atom. The van der Waals surface area contributed by atoms with E-state index in [1.54, 1.807) is 4.90 Å². The van der Waals surface area contributed by atoms with Crippen LogP contribution in [0.5, 0.6) is 0 Å². The van der Waals surface area contributed by atoms with Crippen LogP contribution in [0.3, 0.4) is 0 Å². The Labute approximate surface area is 77.3 Å². The fourth-order valence-electron chi connectivity index (χ4n) is 0.760. The maximum absolute atomic E-state index is 8.48. The Hall–Kier alpha value is 0.359. The molecule has 0 aliphatic rings. The molecule has 0 bridgehead atoms. The average molecular weight is 205 g/mol. The van der Waals surface area contributed by atoms with Gasteiger partial charge in [0.1, 0.15) is 0 Å². The summed E-state index contributed by atoms with van der Waals surface area (Å²) in [6, 6.07) is 0. The third-order valence-corrected chi connectivity index (χ3v) is 1.25. The van der Waals surface area contributed by atoms with Crippen molar-refractivity contribution in [3.63, 3.8) is 0 Å². The first-order chi connectivity index (χ1) is 4.85. The zero-order valence-electron chi connectivity index (χ0n) is 6.39. The van der Waals surface area contributed by atoms with Crippen molar-refractivity contribution in [3.05, 3.63) is 0 Å². The number of aliphatic hydroxyl groups is 3. The smallest absolute Gasteiger partial charge is 0.395 e. The van der Waals surface area contributed by atoms with E-state index in [9.17, 15) is 0 Å². The minimum absolute atomic E-state index is 0. The molecule has 0 spiro atoms. The minimum atomic E-state index is 0. The molecule has 0 heterocycles. The van der Waals surface area contributed by atoms with Gasteiger partial charge in [0.05, 0.1) is 19.8 Å². The maximum atomic E-state index is 8.48. The minimum Gasteiger partial charge on any atom is -0.395 e. The Balaban J connectivity index is 0. The topological polar surface area (TPSA) is 63.9 Å². The van der Waals surface area contributed by atoms with Gasteiger partial charge in [-0.25, -0.2) is 0 Å². The van der Waals surface area contributed by atoms with Crippen LogP contribution >= 0.6 is 0 Å². The van der Waals surface area contributed by atoms with Crippen LogP contribution < -0.4 is 0 Å². The molecule has 68 valence electrons. The van der Waals surface area contributed by atoms with Crippen molar-refractivity contribution in [1.29, 1.82) is 0 Å². The molecule has 0 rings (SSSR count). The molecule has 0 unspecified atom stereocenters. The Morgan fingerprint density at radius 2 is 1.00 bits per heavy atom. The molecule has 0 aromatic rings. The van der Waals surface area contributed by atoms with Crippen LogP contribution in [0.2, 0.25) is 0 Å². The van der Waals surface area contributed by atoms with Crippen LogP contribution in [0.1, 0.15) is 0 Å². The fraction of sp³-hybridized carbons (Fsp3) is 1.00. The van der Waals surface area contributed by atoms with Crippen LogP contribution in [-0.4, -0.2) is 59.7 Å². The quantitative estimate of drug-likeness (QED) is 0.450. The Bertz CT molecular complexity index is 60.6. The fourth-order valence-corrected chi connectivity index (χ4v) is 0.760. The van der Waals surface area contributed by atoms with Gasteiger partial charge in [-0.1, -0.05) is 0 Å². The third-order valence-electron chi connectivity index (χ3n) is 1.25. The molecule has 0 amide bonds. The van der Waals surface area contributed by atoms with Crippen molar-refractivity contribution in [2.24, 2.45) is 0 Å². The van der Waals surface area contributed by atoms with Crippen molar-refractivity contribution in [2.75, 3.05) is 39.5 Å². The zero-order valence-corrected chi connectivity index (χ0v) is 7.49. The van der Waals surface area contributed by atoms with E-state index in [0.29, 0.717) is 19.6 Å². The van der Waals surface area contributed by atoms with E-state index in [0.717, 1.165) is 0 Å². The maximum Gasteiger partial charge on any atom is 2.00 e. The first kappa shape index (κ1) is 13.9. The van der Waals surface area contributed by atoms with E-state index < -0.39 is 0 Å². The van der Waals surface area contributed by atoms with Gasteiger partial charge < -0.3 is 15.3 Å². The van der Waals surface area contributed by atoms with Gasteiger partial charge in [0, 0.05) is 19.6 Å². The van der Waals surface area contributed by atoms with Gasteiger partial charge in [-0.05, 0) is 0 Å². The molecule has 0 aromatic heterocycles. The summed E-state index contributed by atoms with van der Waals surface area (Å²) in [4.78, 5) is 1.79. The summed E-state index contributed by atoms with van der Waals surface area (Å²) in [5.74, 6) is 0. The van der Waals surface area contributed by atoms with E-state index >= 15 is 0 Å². The first-order valence-electron chi connectivity index (χ1n) is 3.40. The summed E-state index contributed by atoms with van der Waals surface area (Å²) in [6.45, 7) is 1.75. The van der Waals surface area contributed by atoms with Crippen molar-refractivity contribution >= 4 is 0 Å². The SMILES string of the molecule is OCCN(CCO)CCO.[Fe+2]. The molecule has 0 aliphatic carbocycles. The standard InChI is InChI=1S/C6H15NO3.Fe/c8-4-1-7(2-5-9)3-6-10;/h8-10H,1-6H2;/q;+2. The molecule has 0 saturated heterocycles. The van der Waals surface area contributed by atoms with Gasteiger partial charge in [0.2, 0.25) is 0 Å². The molecule has 3 N–H and O–H groups in total. The van der Waals surface area contributed by atoms with Crippen LogP contribution in [0.15, 0.2) is 0 Å². The van der Waals surface area contributed by atoms with Crippen LogP contribution in [0, 0.1) is 0 Å². The van der Waals surface area contributed by atoms with E-state index in [4.69, 9.17) is 15.3 Å². The van der Waals surface area contributed by atoms with E-state index in [1.807, 2.05) is 0 Å². The van der Waals surface area contributed by atoms with E-state index in [2.05, 4.69) is 0 Å². The Kier molecular flexibility index (Phi) is 13.1. The summed E-state index contributed by atoms with van der Waals surface area (Å²) in [5.41, 5.74) is 0. The monoisotopic (exact) mass is 205 g/mol. The summed E-state index contributed by atoms with van der Waals surface area (Å²) in [7, 11) is 0. The van der Waals surface area contributed by atoms with Gasteiger partial charge in [-0.2, -0.15) is 0 Å². The van der Waals surface area contributed by atoms with Gasteiger partial charge in [0.25, 0.3) is 0 Å². The molecular formula is C6H15FeNO3+2. The third kappa shape index (κ3) is 8.26. The van der Waals surface area contributed by atoms with Crippen LogP contribution in [0.25, 0.3) is 0 Å². The molecule has 0 radical (unpaired) electrons. The van der Waals surface area contributed by atoms with Crippen LogP contribution in [0.4, 0.5) is 0 Å². The predicted octanol–water partition coefficient (Wildman–Crippen LogP) is -1.74. The largest absolute Gasteiger partial charge is 2.00 e. The summed E-state index contributed by atoms with van der Waals surface area (Å²) < 4.78 is 0. The van der Waals surface area contributed by atoms with Crippen molar-refractivity contribution < 1.29 is 32.4 Å². The second-order valence-corrected chi connectivity index (χ2v) is 2.01. The summed E-state index contributed by atoms with van der Waals surface area (Å²) in [6.07, 6.45) is 0. The molecule has 11 heavy (non-hydrogen) atoms. The molecule has 0 aliphatic heterocycles. The number of hydrogen-bond donors (Lipinski definition) is 3. The van der Waals surface area contributed by atoms with Gasteiger partial charge >= 0.3 is 17.1 Å². The van der Waals surface area contributed by atoms with Crippen molar-refractivity contribution in [3.8, 4) is 0 Å². The number of hydrogen-bond acceptors (Lipinski definition) is 4. The predicted molar refractivity (Wildman–Crippen MR) is 37.7 cm³/mol. The van der Waals surface area contributed by atoms with Crippen LogP contribution in [-0.2, 0) is 17.1 Å². The molecule has 5 heteroatoms. The molecule has 0 saturated carbocycles. The van der Waals surface area contributed by atoms with Crippen molar-refractivity contribution in [2.45, 2.75) is 0 Å². The Morgan fingerprint density at radius 3 is 1.18 bits per heavy atom. The summed E-state index contributed by atoms with van der Waals surface area (Å²) in [5, 5.41) is 25.5. The van der Waals surface area contributed by atoms with Gasteiger partial charge in [-0.3, -0.25) is 4.90 Å². The molecule has 4 nitrogen and oxygen atoms in total. The normalized spacial score (nSPS) is 9.82. The molecule has 0 aromatic carbocycles. The van der Waals surface area contributed by atoms with Gasteiger partial charge in [0.15, 0.2) is 0 Å². The van der Waals surface area contributed by atoms with E-state index in [-0.39, 0.29) is 36.9 Å². The number of aliphatic hydroxyl groups excluding tert-OH is 3. The average Bonchev–Trinajstić information content (AvgIpc) is 1.90. The van der Waals surface area contributed by atoms with Gasteiger partial charge in [-0.15, -0.1) is 0 Å². The number of rotatable bonds is 6.